The highest BCUT2D eigenvalue weighted by Gasteiger charge is 2.72. The maximum absolute atomic E-state index is 12.8. The minimum atomic E-state index is -3.25. The molecule has 0 spiro atoms. The highest BCUT2D eigenvalue weighted by molar-refractivity contribution is 7.99. The van der Waals surface area contributed by atoms with Crippen LogP contribution in [-0.4, -0.2) is 159 Å². The molecule has 2 unspecified atom stereocenters. The van der Waals surface area contributed by atoms with Crippen LogP contribution in [0.4, 0.5) is 0 Å². The molecule has 9 saturated carbocycles. The quantitative estimate of drug-likeness (QED) is 0.0239. The first-order valence-corrected chi connectivity index (χ1v) is 39.8. The predicted molar refractivity (Wildman–Crippen MR) is 391 cm³/mol. The monoisotopic (exact) mass is 1400 g/mol. The lowest BCUT2D eigenvalue weighted by molar-refractivity contribution is -0.0920. The summed E-state index contributed by atoms with van der Waals surface area (Å²) >= 11 is 0. The number of ether oxygens (including phenoxy) is 1. The molecule has 11 heterocycles. The lowest BCUT2D eigenvalue weighted by Gasteiger charge is -2.72. The molecule has 7 aromatic rings. The molecule has 30 heteroatoms. The Morgan fingerprint density at radius 2 is 1.09 bits per heavy atom. The second kappa shape index (κ2) is 24.4. The zero-order chi connectivity index (χ0) is 68.8. The Balaban J connectivity index is 0.000000104. The van der Waals surface area contributed by atoms with Crippen LogP contribution in [0, 0.1) is 28.6 Å². The van der Waals surface area contributed by atoms with Gasteiger partial charge in [-0.3, -0.25) is 13.4 Å². The zero-order valence-electron chi connectivity index (χ0n) is 56.0. The van der Waals surface area contributed by atoms with Crippen molar-refractivity contribution in [3.8, 4) is 23.0 Å². The van der Waals surface area contributed by atoms with Crippen molar-refractivity contribution in [2.45, 2.75) is 139 Å². The molecule has 23 nitrogen and oxygen atoms in total. The van der Waals surface area contributed by atoms with Crippen LogP contribution in [0.1, 0.15) is 144 Å². The minimum absolute atomic E-state index is 0.0138. The van der Waals surface area contributed by atoms with E-state index in [-0.39, 0.29) is 38.8 Å². The van der Waals surface area contributed by atoms with Crippen molar-refractivity contribution >= 4 is 131 Å². The van der Waals surface area contributed by atoms with Gasteiger partial charge in [-0.15, -0.1) is 0 Å². The van der Waals surface area contributed by atoms with Crippen LogP contribution in [-0.2, 0) is 40.6 Å². The van der Waals surface area contributed by atoms with Gasteiger partial charge in [0.05, 0.1) is 36.2 Å². The second-order valence-corrected chi connectivity index (χ2v) is 36.6. The van der Waals surface area contributed by atoms with E-state index in [1.165, 1.54) is 18.4 Å². The maximum atomic E-state index is 12.8. The number of hydrogen-bond acceptors (Lipinski definition) is 17. The summed E-state index contributed by atoms with van der Waals surface area (Å²) in [4.78, 5) is 26.9. The number of sulfonamides is 1. The molecule has 0 saturated heterocycles. The molecule has 10 aliphatic carbocycles. The molecule has 0 amide bonds. The van der Waals surface area contributed by atoms with Gasteiger partial charge in [-0.25, -0.2) is 37.5 Å². The predicted octanol–water partition coefficient (Wildman–Crippen LogP) is 7.55. The lowest BCUT2D eigenvalue weighted by atomic mass is 9.36. The van der Waals surface area contributed by atoms with Crippen LogP contribution in [0.3, 0.4) is 0 Å². The molecule has 4 aliphatic heterocycles. The van der Waals surface area contributed by atoms with E-state index in [2.05, 4.69) is 79.9 Å². The van der Waals surface area contributed by atoms with Crippen LogP contribution in [0.5, 0.6) is 23.0 Å². The van der Waals surface area contributed by atoms with Gasteiger partial charge in [-0.2, -0.15) is 0 Å². The van der Waals surface area contributed by atoms with Crippen molar-refractivity contribution in [3.05, 3.63) is 125 Å². The highest BCUT2D eigenvalue weighted by Crippen LogP contribution is 2.75. The molecule has 10 N–H and O–H groups in total. The fourth-order valence-electron chi connectivity index (χ4n) is 18.1. The summed E-state index contributed by atoms with van der Waals surface area (Å²) in [5.74, 6) is 19.8. The van der Waals surface area contributed by atoms with Crippen molar-refractivity contribution in [3.63, 3.8) is 0 Å². The number of fused-ring (bicyclic) bond motifs is 12. The van der Waals surface area contributed by atoms with E-state index >= 15 is 0 Å². The van der Waals surface area contributed by atoms with E-state index in [1.807, 2.05) is 68.6 Å². The average Bonchev–Trinajstić information content (AvgIpc) is 0.743. The summed E-state index contributed by atoms with van der Waals surface area (Å²) in [5, 5.41) is 43.7. The number of aromatic amines is 3. The highest BCUT2D eigenvalue weighted by atomic mass is 32.2. The van der Waals surface area contributed by atoms with Gasteiger partial charge in [0.25, 0.3) is 0 Å². The third kappa shape index (κ3) is 12.1. The average molecular weight is 1400 g/mol. The largest absolute Gasteiger partial charge is 0.552 e. The summed E-state index contributed by atoms with van der Waals surface area (Å²) in [6.45, 7) is 6.67. The minimum Gasteiger partial charge on any atom is -0.531 e. The topological polar surface area (TPSA) is 330 Å². The van der Waals surface area contributed by atoms with Gasteiger partial charge in [0, 0.05) is 141 Å². The molecule has 4 bridgehead atoms. The van der Waals surface area contributed by atoms with Crippen LogP contribution in [0.25, 0.3) is 61.5 Å². The molecular formula is C69H82B4N10O13S3. The third-order valence-electron chi connectivity index (χ3n) is 22.2. The molecule has 0 aromatic carbocycles. The maximum Gasteiger partial charge on any atom is 0.552 e. The van der Waals surface area contributed by atoms with Crippen LogP contribution < -0.4 is 32.8 Å². The van der Waals surface area contributed by atoms with E-state index in [4.69, 9.17) is 23.4 Å². The number of aromatic nitrogens is 7. The van der Waals surface area contributed by atoms with Crippen molar-refractivity contribution < 1.29 is 60.3 Å². The molecule has 7 aromatic heterocycles. The summed E-state index contributed by atoms with van der Waals surface area (Å²) in [6, 6.07) is 6.03. The number of rotatable bonds is 17. The fraction of sp³-hybridized carbons (Fsp3) is 0.449. The Hall–Kier alpha value is -6.95. The summed E-state index contributed by atoms with van der Waals surface area (Å²) in [7, 11) is -9.87. The van der Waals surface area contributed by atoms with Gasteiger partial charge in [0.15, 0.2) is 0 Å². The lowest BCUT2D eigenvalue weighted by Crippen LogP contribution is -2.75. The summed E-state index contributed by atoms with van der Waals surface area (Å²) in [5.41, 5.74) is 12.7. The van der Waals surface area contributed by atoms with Crippen LogP contribution in [0.2, 0.25) is 0 Å². The molecule has 99 heavy (non-hydrogen) atoms. The molecular weight excluding hydrogens is 1320 g/mol. The second-order valence-electron chi connectivity index (χ2n) is 30.1. The Kier molecular flexibility index (Phi) is 16.4. The normalized spacial score (nSPS) is 29.4. The van der Waals surface area contributed by atoms with Crippen LogP contribution >= 0.6 is 0 Å². The Morgan fingerprint density at radius 3 is 1.59 bits per heavy atom. The van der Waals surface area contributed by atoms with Gasteiger partial charge in [0.2, 0.25) is 10.0 Å². The van der Waals surface area contributed by atoms with Gasteiger partial charge in [0.1, 0.15) is 39.9 Å². The Bertz CT molecular complexity index is 4920. The number of nitrogens with zero attached hydrogens (tertiary/aromatic N) is 4. The van der Waals surface area contributed by atoms with Gasteiger partial charge < -0.3 is 58.4 Å². The van der Waals surface area contributed by atoms with Crippen LogP contribution in [0.15, 0.2) is 91.6 Å². The SMILES string of the molecule is C=S(=O)(CCCOC)NC12CC(C3=CB(O)Oc4cnc5[nH]ccc5c43)(C1)C2.C=S(=O)(NC12CC(C3=CB(O)Oc4cnc5[nH]ccc5c43)(C1)C2)C1CC1.CC1CC(C2=CB(O)Oc3cnc4[nH]ccc4c32)C1.CCCS(=O)(=O)NC1(C)CC(C2=CB(O)Oc3cnc4c(c32)C=CC4)C1. The first-order chi connectivity index (χ1) is 47.3. The number of methoxy groups -OCH3 is 1. The zero-order valence-corrected chi connectivity index (χ0v) is 58.4. The molecule has 2 atom stereocenters. The molecule has 9 fully saturated rings. The van der Waals surface area contributed by atoms with Crippen molar-refractivity contribution in [1.82, 2.24) is 49.1 Å². The first kappa shape index (κ1) is 66.6. The Morgan fingerprint density at radius 1 is 0.626 bits per heavy atom. The standard InChI is InChI=1S/C19H24BN3O4S.C18H20BN3O3S.C18H23BN2O4S.C14H15BN2O2/c1-26-6-3-7-28(2,25)23-19-10-18(11-19,12-19)14-8-20(24)27-15-9-22-17-13(16(14)15)4-5-21-17;1-26(24,11-2-3-11)22-18-8-17(9-18,10-18)13-6-19(23)25-14-7-21-16-12(15(13)14)4-5-20-16;1-3-7-26(23,24)21-18(2)8-12(9-18)14-10-19(22)25-16-11-20-15-6-4-5-13(15)17(14)16;1-8-4-9(5-8)11-6-15(18)19-12-7-17-14-10(13(11)12)2-3-16-14/h4-5,8-9,24H,2-3,6-7,10-12H2,1H3,(H,21,22)(H,23,25);4-7,11,23H,1-3,8-10H2,(H,20,21)(H,22,24);4-5,10-12,21-22H,3,6-9H2,1-2H3;2-3,6-9,18H,4-5H2,1H3,(H,16,17). The number of H-pyrrole nitrogens is 3. The van der Waals surface area contributed by atoms with Gasteiger partial charge >= 0.3 is 28.5 Å². The van der Waals surface area contributed by atoms with Crippen molar-refractivity contribution in [1.29, 1.82) is 0 Å². The summed E-state index contributed by atoms with van der Waals surface area (Å²) < 4.78 is 86.7. The number of allylic oxidation sites excluding steroid dienone is 5. The first-order valence-electron chi connectivity index (χ1n) is 34.4. The fourth-order valence-corrected chi connectivity index (χ4v) is 23.4. The van der Waals surface area contributed by atoms with E-state index in [0.29, 0.717) is 60.5 Å². The number of pyridine rings is 4. The van der Waals surface area contributed by atoms with E-state index in [9.17, 15) is 36.9 Å². The Labute approximate surface area is 577 Å². The number of nitrogens with one attached hydrogen (secondary N) is 6. The third-order valence-corrected chi connectivity index (χ3v) is 28.0. The smallest absolute Gasteiger partial charge is 0.531 e. The summed E-state index contributed by atoms with van der Waals surface area (Å²) in [6.07, 6.45) is 29.9. The van der Waals surface area contributed by atoms with Crippen molar-refractivity contribution in [2.24, 2.45) is 28.6 Å². The van der Waals surface area contributed by atoms with Gasteiger partial charge in [-0.1, -0.05) is 26.0 Å². The molecule has 516 valence electrons. The molecule has 0 radical (unpaired) electrons. The number of hydrogen-bond donors (Lipinski definition) is 10. The molecule has 14 aliphatic rings. The van der Waals surface area contributed by atoms with E-state index < -0.39 is 63.5 Å². The van der Waals surface area contributed by atoms with E-state index in [0.717, 1.165) is 153 Å². The van der Waals surface area contributed by atoms with Crippen molar-refractivity contribution in [2.75, 3.05) is 25.2 Å². The molecule has 21 rings (SSSR count). The van der Waals surface area contributed by atoms with Gasteiger partial charge in [-0.05, 0) is 191 Å². The van der Waals surface area contributed by atoms with E-state index in [1.54, 1.807) is 37.9 Å².